The van der Waals surface area contributed by atoms with Crippen LogP contribution < -0.4 is 16.8 Å². The van der Waals surface area contributed by atoms with E-state index in [-0.39, 0.29) is 11.3 Å². The molecular formula is C11H16F2N4O. The van der Waals surface area contributed by atoms with Crippen LogP contribution in [-0.4, -0.2) is 29.9 Å². The summed E-state index contributed by atoms with van der Waals surface area (Å²) in [6.07, 6.45) is 0. The number of rotatable bonds is 5. The first kappa shape index (κ1) is 14.3. The van der Waals surface area contributed by atoms with Crippen LogP contribution in [0.25, 0.3) is 0 Å². The van der Waals surface area contributed by atoms with E-state index in [9.17, 15) is 13.6 Å². The maximum atomic E-state index is 13.1. The second-order valence-corrected chi connectivity index (χ2v) is 4.05. The third kappa shape index (κ3) is 3.36. The van der Waals surface area contributed by atoms with Crippen LogP contribution in [0.1, 0.15) is 21.7 Å². The smallest absolute Gasteiger partial charge is 0.276 e. The lowest BCUT2D eigenvalue weighted by Gasteiger charge is -2.18. The molecule has 0 saturated carbocycles. The van der Waals surface area contributed by atoms with Crippen molar-refractivity contribution in [2.24, 2.45) is 11.5 Å². The lowest BCUT2D eigenvalue weighted by Crippen LogP contribution is -2.35. The van der Waals surface area contributed by atoms with Crippen molar-refractivity contribution < 1.29 is 13.6 Å². The van der Waals surface area contributed by atoms with Gasteiger partial charge in [-0.15, -0.1) is 0 Å². The van der Waals surface area contributed by atoms with Gasteiger partial charge in [0, 0.05) is 5.69 Å². The number of carbonyl (C=O) groups excluding carboxylic acids is 1. The Morgan fingerprint density at radius 3 is 2.61 bits per heavy atom. The highest BCUT2D eigenvalue weighted by Gasteiger charge is 2.27. The minimum Gasteiger partial charge on any atom is -0.378 e. The van der Waals surface area contributed by atoms with Crippen molar-refractivity contribution in [2.75, 3.05) is 18.4 Å². The van der Waals surface area contributed by atoms with Crippen molar-refractivity contribution in [3.05, 3.63) is 23.0 Å². The molecule has 1 aromatic heterocycles. The zero-order chi connectivity index (χ0) is 13.9. The number of nitrogens with zero attached hydrogens (tertiary/aromatic N) is 1. The first-order valence-corrected chi connectivity index (χ1v) is 5.36. The van der Waals surface area contributed by atoms with Gasteiger partial charge in [-0.2, -0.15) is 0 Å². The number of pyridine rings is 1. The maximum Gasteiger partial charge on any atom is 0.276 e. The third-order valence-corrected chi connectivity index (χ3v) is 2.41. The number of aryl methyl sites for hydroxylation is 2. The van der Waals surface area contributed by atoms with E-state index in [0.717, 1.165) is 0 Å². The Balaban J connectivity index is 3.04. The van der Waals surface area contributed by atoms with E-state index >= 15 is 0 Å². The summed E-state index contributed by atoms with van der Waals surface area (Å²) in [4.78, 5) is 15.3. The Bertz CT molecular complexity index is 463. The van der Waals surface area contributed by atoms with E-state index in [4.69, 9.17) is 11.5 Å². The van der Waals surface area contributed by atoms with Gasteiger partial charge in [-0.1, -0.05) is 0 Å². The summed E-state index contributed by atoms with van der Waals surface area (Å²) in [6, 6.07) is 1.50. The fourth-order valence-corrected chi connectivity index (χ4v) is 1.58. The lowest BCUT2D eigenvalue weighted by atomic mass is 10.1. The van der Waals surface area contributed by atoms with Crippen LogP contribution in [-0.2, 0) is 0 Å². The highest BCUT2D eigenvalue weighted by molar-refractivity contribution is 5.99. The predicted octanol–water partition coefficient (Wildman–Crippen LogP) is 0.803. The number of anilines is 1. The van der Waals surface area contributed by atoms with E-state index in [2.05, 4.69) is 10.3 Å². The van der Waals surface area contributed by atoms with Gasteiger partial charge in [-0.3, -0.25) is 9.78 Å². The van der Waals surface area contributed by atoms with Crippen LogP contribution in [0.4, 0.5) is 14.5 Å². The van der Waals surface area contributed by atoms with Crippen molar-refractivity contribution in [1.82, 2.24) is 4.98 Å². The van der Waals surface area contributed by atoms with Crippen molar-refractivity contribution in [1.29, 1.82) is 0 Å². The second-order valence-electron chi connectivity index (χ2n) is 4.05. The minimum absolute atomic E-state index is 0.119. The fraction of sp³-hybridized carbons (Fsp3) is 0.455. The molecule has 1 rings (SSSR count). The summed E-state index contributed by atoms with van der Waals surface area (Å²) >= 11 is 0. The molecule has 0 unspecified atom stereocenters. The Kier molecular flexibility index (Phi) is 4.18. The van der Waals surface area contributed by atoms with Gasteiger partial charge >= 0.3 is 0 Å². The number of nitrogens with one attached hydrogen (secondary N) is 1. The van der Waals surface area contributed by atoms with Gasteiger partial charge in [0.1, 0.15) is 0 Å². The summed E-state index contributed by atoms with van der Waals surface area (Å²) < 4.78 is 26.1. The normalized spacial score (nSPS) is 11.4. The van der Waals surface area contributed by atoms with E-state index in [1.807, 2.05) is 0 Å². The Morgan fingerprint density at radius 1 is 1.50 bits per heavy atom. The highest BCUT2D eigenvalue weighted by Crippen LogP contribution is 2.21. The third-order valence-electron chi connectivity index (χ3n) is 2.41. The van der Waals surface area contributed by atoms with Crippen LogP contribution in [0, 0.1) is 13.8 Å². The first-order chi connectivity index (χ1) is 8.26. The van der Waals surface area contributed by atoms with Crippen molar-refractivity contribution >= 4 is 11.6 Å². The second kappa shape index (κ2) is 5.26. The van der Waals surface area contributed by atoms with Gasteiger partial charge in [0.05, 0.1) is 30.0 Å². The van der Waals surface area contributed by atoms with Gasteiger partial charge in [0.2, 0.25) is 0 Å². The molecule has 0 aliphatic rings. The summed E-state index contributed by atoms with van der Waals surface area (Å²) in [5.41, 5.74) is 11.5. The molecular weight excluding hydrogens is 242 g/mol. The molecule has 0 spiro atoms. The summed E-state index contributed by atoms with van der Waals surface area (Å²) in [6.45, 7) is 1.87. The summed E-state index contributed by atoms with van der Waals surface area (Å²) in [5.74, 6) is -3.75. The number of halogens is 2. The Labute approximate surface area is 104 Å². The average Bonchev–Trinajstić information content (AvgIpc) is 2.25. The Morgan fingerprint density at radius 2 is 2.11 bits per heavy atom. The van der Waals surface area contributed by atoms with E-state index in [1.165, 1.54) is 6.07 Å². The molecule has 0 aliphatic heterocycles. The van der Waals surface area contributed by atoms with E-state index in [1.54, 1.807) is 13.8 Å². The largest absolute Gasteiger partial charge is 0.378 e. The van der Waals surface area contributed by atoms with Gasteiger partial charge in [-0.25, -0.2) is 8.78 Å². The van der Waals surface area contributed by atoms with E-state index < -0.39 is 24.9 Å². The monoisotopic (exact) mass is 258 g/mol. The van der Waals surface area contributed by atoms with Gasteiger partial charge < -0.3 is 16.8 Å². The molecule has 1 heterocycles. The number of alkyl halides is 2. The topological polar surface area (TPSA) is 94.0 Å². The highest BCUT2D eigenvalue weighted by atomic mass is 19.3. The minimum atomic E-state index is -3.04. The number of primary amides is 1. The fourth-order valence-electron chi connectivity index (χ4n) is 1.58. The summed E-state index contributed by atoms with van der Waals surface area (Å²) in [5, 5.41) is 2.50. The molecule has 0 fully saturated rings. The maximum absolute atomic E-state index is 13.1. The molecule has 5 N–H and O–H groups in total. The molecule has 0 aliphatic carbocycles. The van der Waals surface area contributed by atoms with Crippen LogP contribution in [0.2, 0.25) is 0 Å². The standard InChI is InChI=1S/C11H16F2N4O/c1-6-3-8(16-5-11(12,13)4-14)9(10(15)18)7(2)17-6/h3H,4-5,14H2,1-2H3,(H2,15,18)(H,16,17). The number of carbonyl (C=O) groups is 1. The molecule has 7 heteroatoms. The number of aromatic nitrogens is 1. The van der Waals surface area contributed by atoms with Crippen molar-refractivity contribution in [3.8, 4) is 0 Å². The van der Waals surface area contributed by atoms with Crippen molar-refractivity contribution in [2.45, 2.75) is 19.8 Å². The molecule has 1 aromatic rings. The SMILES string of the molecule is Cc1cc(NCC(F)(F)CN)c(C(N)=O)c(C)n1. The lowest BCUT2D eigenvalue weighted by molar-refractivity contribution is 0.0253. The molecule has 18 heavy (non-hydrogen) atoms. The molecule has 1 amide bonds. The molecule has 0 atom stereocenters. The first-order valence-electron chi connectivity index (χ1n) is 5.36. The van der Waals surface area contributed by atoms with Crippen LogP contribution in [0.15, 0.2) is 6.07 Å². The number of amides is 1. The molecule has 0 radical (unpaired) electrons. The van der Waals surface area contributed by atoms with Crippen LogP contribution >= 0.6 is 0 Å². The molecule has 0 aromatic carbocycles. The van der Waals surface area contributed by atoms with Crippen molar-refractivity contribution in [3.63, 3.8) is 0 Å². The van der Waals surface area contributed by atoms with Gasteiger partial charge in [0.25, 0.3) is 11.8 Å². The average molecular weight is 258 g/mol. The molecule has 100 valence electrons. The Hall–Kier alpha value is -1.76. The molecule has 0 saturated heterocycles. The quantitative estimate of drug-likeness (QED) is 0.728. The molecule has 0 bridgehead atoms. The predicted molar refractivity (Wildman–Crippen MR) is 64.7 cm³/mol. The van der Waals surface area contributed by atoms with Crippen LogP contribution in [0.3, 0.4) is 0 Å². The zero-order valence-corrected chi connectivity index (χ0v) is 10.3. The van der Waals surface area contributed by atoms with Crippen LogP contribution in [0.5, 0.6) is 0 Å². The van der Waals surface area contributed by atoms with E-state index in [0.29, 0.717) is 11.4 Å². The zero-order valence-electron chi connectivity index (χ0n) is 10.3. The number of hydrogen-bond donors (Lipinski definition) is 3. The number of nitrogens with two attached hydrogens (primary N) is 2. The molecule has 5 nitrogen and oxygen atoms in total. The van der Waals surface area contributed by atoms with Gasteiger partial charge in [-0.05, 0) is 19.9 Å². The summed E-state index contributed by atoms with van der Waals surface area (Å²) in [7, 11) is 0. The number of hydrogen-bond acceptors (Lipinski definition) is 4. The van der Waals surface area contributed by atoms with Gasteiger partial charge in [0.15, 0.2) is 0 Å².